The average Bonchev–Trinajstić information content (AvgIpc) is 2.92. The van der Waals surface area contributed by atoms with Crippen molar-refractivity contribution in [3.63, 3.8) is 0 Å². The lowest BCUT2D eigenvalue weighted by molar-refractivity contribution is -0.168. The van der Waals surface area contributed by atoms with E-state index in [0.29, 0.717) is 32.6 Å². The predicted molar refractivity (Wildman–Crippen MR) is 68.2 cm³/mol. The third-order valence-electron chi connectivity index (χ3n) is 2.91. The van der Waals surface area contributed by atoms with Gasteiger partial charge in [0.25, 0.3) is 0 Å². The number of carbonyl (C=O) groups is 1. The summed E-state index contributed by atoms with van der Waals surface area (Å²) >= 11 is 0. The van der Waals surface area contributed by atoms with Crippen molar-refractivity contribution in [3.8, 4) is 5.75 Å². The minimum atomic E-state index is 0.0544. The van der Waals surface area contributed by atoms with Crippen LogP contribution in [0.3, 0.4) is 0 Å². The first kappa shape index (κ1) is 12.9. The van der Waals surface area contributed by atoms with Crippen LogP contribution in [0.1, 0.15) is 25.3 Å². The topological polar surface area (TPSA) is 38.8 Å². The van der Waals surface area contributed by atoms with Crippen LogP contribution < -0.4 is 4.74 Å². The molecule has 0 unspecified atom stereocenters. The number of hydrogen-bond donors (Lipinski definition) is 0. The highest BCUT2D eigenvalue weighted by molar-refractivity contribution is 5.75. The molecule has 4 heteroatoms. The Balaban J connectivity index is 1.90. The van der Waals surface area contributed by atoms with Gasteiger partial charge in [-0.25, -0.2) is 5.06 Å². The van der Waals surface area contributed by atoms with E-state index in [2.05, 4.69) is 0 Å². The summed E-state index contributed by atoms with van der Waals surface area (Å²) in [4.78, 5) is 17.1. The Morgan fingerprint density at radius 2 is 2.28 bits per heavy atom. The molecule has 0 spiro atoms. The molecule has 1 aromatic rings. The molecule has 1 aromatic carbocycles. The summed E-state index contributed by atoms with van der Waals surface area (Å²) in [6.07, 6.45) is 2.08. The highest BCUT2D eigenvalue weighted by atomic mass is 16.7. The fourth-order valence-corrected chi connectivity index (χ4v) is 2.02. The summed E-state index contributed by atoms with van der Waals surface area (Å²) < 4.78 is 5.54. The van der Waals surface area contributed by atoms with Crippen LogP contribution in [-0.4, -0.2) is 30.7 Å². The molecule has 0 bridgehead atoms. The van der Waals surface area contributed by atoms with E-state index in [4.69, 9.17) is 9.57 Å². The third kappa shape index (κ3) is 3.23. The van der Waals surface area contributed by atoms with Crippen LogP contribution >= 0.6 is 0 Å². The number of benzene rings is 1. The zero-order chi connectivity index (χ0) is 12.8. The SMILES string of the molecule is CCOc1ccccc1CCC(=O)N1CCCO1. The van der Waals surface area contributed by atoms with Crippen LogP contribution in [0.4, 0.5) is 0 Å². The minimum Gasteiger partial charge on any atom is -0.494 e. The van der Waals surface area contributed by atoms with Gasteiger partial charge >= 0.3 is 0 Å². The fraction of sp³-hybridized carbons (Fsp3) is 0.500. The van der Waals surface area contributed by atoms with E-state index < -0.39 is 0 Å². The Bertz CT molecular complexity index is 400. The molecule has 1 heterocycles. The molecule has 0 aliphatic carbocycles. The first-order valence-electron chi connectivity index (χ1n) is 6.45. The average molecular weight is 249 g/mol. The first-order valence-corrected chi connectivity index (χ1v) is 6.45. The number of para-hydroxylation sites is 1. The zero-order valence-corrected chi connectivity index (χ0v) is 10.7. The van der Waals surface area contributed by atoms with Crippen LogP contribution in [0.2, 0.25) is 0 Å². The Morgan fingerprint density at radius 1 is 1.44 bits per heavy atom. The van der Waals surface area contributed by atoms with Crippen LogP contribution in [0.15, 0.2) is 24.3 Å². The van der Waals surface area contributed by atoms with Gasteiger partial charge in [-0.2, -0.15) is 0 Å². The normalized spacial score (nSPS) is 14.8. The lowest BCUT2D eigenvalue weighted by atomic mass is 10.1. The summed E-state index contributed by atoms with van der Waals surface area (Å²) in [6, 6.07) is 7.85. The molecule has 0 atom stereocenters. The van der Waals surface area contributed by atoms with E-state index >= 15 is 0 Å². The summed E-state index contributed by atoms with van der Waals surface area (Å²) in [5, 5.41) is 1.48. The summed E-state index contributed by atoms with van der Waals surface area (Å²) in [5.74, 6) is 0.925. The zero-order valence-electron chi connectivity index (χ0n) is 10.7. The van der Waals surface area contributed by atoms with Crippen molar-refractivity contribution in [2.75, 3.05) is 19.8 Å². The largest absolute Gasteiger partial charge is 0.494 e. The van der Waals surface area contributed by atoms with Crippen LogP contribution in [0.25, 0.3) is 0 Å². The molecule has 1 aliphatic rings. The molecule has 0 saturated carbocycles. The second kappa shape index (κ2) is 6.40. The Hall–Kier alpha value is -1.55. The molecule has 18 heavy (non-hydrogen) atoms. The molecule has 1 amide bonds. The van der Waals surface area contributed by atoms with Gasteiger partial charge in [-0.3, -0.25) is 9.63 Å². The van der Waals surface area contributed by atoms with E-state index in [9.17, 15) is 4.79 Å². The number of hydroxylamine groups is 2. The molecule has 98 valence electrons. The van der Waals surface area contributed by atoms with Gasteiger partial charge in [-0.15, -0.1) is 0 Å². The number of rotatable bonds is 5. The molecule has 0 aromatic heterocycles. The van der Waals surface area contributed by atoms with Crippen LogP contribution in [-0.2, 0) is 16.1 Å². The van der Waals surface area contributed by atoms with Crippen molar-refractivity contribution in [1.82, 2.24) is 5.06 Å². The number of ether oxygens (including phenoxy) is 1. The highest BCUT2D eigenvalue weighted by Gasteiger charge is 2.19. The maximum Gasteiger partial charge on any atom is 0.246 e. The third-order valence-corrected chi connectivity index (χ3v) is 2.91. The minimum absolute atomic E-state index is 0.0544. The van der Waals surface area contributed by atoms with E-state index in [1.54, 1.807) is 0 Å². The molecule has 1 saturated heterocycles. The van der Waals surface area contributed by atoms with E-state index in [-0.39, 0.29) is 5.91 Å². The van der Waals surface area contributed by atoms with Gasteiger partial charge in [0.15, 0.2) is 0 Å². The number of amides is 1. The molecule has 2 rings (SSSR count). The van der Waals surface area contributed by atoms with Gasteiger partial charge in [0.2, 0.25) is 5.91 Å². The van der Waals surface area contributed by atoms with Crippen molar-refractivity contribution in [1.29, 1.82) is 0 Å². The molecule has 1 aliphatic heterocycles. The molecule has 4 nitrogen and oxygen atoms in total. The summed E-state index contributed by atoms with van der Waals surface area (Å²) in [7, 11) is 0. The van der Waals surface area contributed by atoms with Gasteiger partial charge in [-0.05, 0) is 31.4 Å². The maximum atomic E-state index is 11.8. The van der Waals surface area contributed by atoms with E-state index in [1.807, 2.05) is 31.2 Å². The van der Waals surface area contributed by atoms with E-state index in [0.717, 1.165) is 17.7 Å². The maximum absolute atomic E-state index is 11.8. The monoisotopic (exact) mass is 249 g/mol. The first-order chi connectivity index (χ1) is 8.81. The Labute approximate surface area is 107 Å². The number of nitrogens with zero attached hydrogens (tertiary/aromatic N) is 1. The lowest BCUT2D eigenvalue weighted by Crippen LogP contribution is -2.26. The predicted octanol–water partition coefficient (Wildman–Crippen LogP) is 2.18. The number of hydrogen-bond acceptors (Lipinski definition) is 3. The highest BCUT2D eigenvalue weighted by Crippen LogP contribution is 2.20. The second-order valence-corrected chi connectivity index (χ2v) is 4.22. The molecular weight excluding hydrogens is 230 g/mol. The molecule has 1 fully saturated rings. The van der Waals surface area contributed by atoms with Gasteiger partial charge in [0.05, 0.1) is 19.8 Å². The van der Waals surface area contributed by atoms with Crippen LogP contribution in [0.5, 0.6) is 5.75 Å². The molecule has 0 N–H and O–H groups in total. The smallest absolute Gasteiger partial charge is 0.246 e. The van der Waals surface area contributed by atoms with Crippen molar-refractivity contribution in [3.05, 3.63) is 29.8 Å². The quantitative estimate of drug-likeness (QED) is 0.803. The van der Waals surface area contributed by atoms with Crippen molar-refractivity contribution < 1.29 is 14.4 Å². The summed E-state index contributed by atoms with van der Waals surface area (Å²) in [5.41, 5.74) is 1.08. The molecular formula is C14H19NO3. The van der Waals surface area contributed by atoms with Gasteiger partial charge < -0.3 is 4.74 Å². The lowest BCUT2D eigenvalue weighted by Gasteiger charge is -2.14. The number of aryl methyl sites for hydroxylation is 1. The Morgan fingerprint density at radius 3 is 3.00 bits per heavy atom. The van der Waals surface area contributed by atoms with Crippen molar-refractivity contribution in [2.45, 2.75) is 26.2 Å². The Kier molecular flexibility index (Phi) is 4.59. The summed E-state index contributed by atoms with van der Waals surface area (Å²) in [6.45, 7) is 3.97. The van der Waals surface area contributed by atoms with Gasteiger partial charge in [0, 0.05) is 6.42 Å². The van der Waals surface area contributed by atoms with Gasteiger partial charge in [-0.1, -0.05) is 18.2 Å². The van der Waals surface area contributed by atoms with Gasteiger partial charge in [0.1, 0.15) is 5.75 Å². The second-order valence-electron chi connectivity index (χ2n) is 4.22. The van der Waals surface area contributed by atoms with E-state index in [1.165, 1.54) is 5.06 Å². The number of carbonyl (C=O) groups excluding carboxylic acids is 1. The molecule has 0 radical (unpaired) electrons. The van der Waals surface area contributed by atoms with Crippen LogP contribution in [0, 0.1) is 0 Å². The van der Waals surface area contributed by atoms with Crippen molar-refractivity contribution in [2.24, 2.45) is 0 Å². The fourth-order valence-electron chi connectivity index (χ4n) is 2.02. The van der Waals surface area contributed by atoms with Crippen molar-refractivity contribution >= 4 is 5.91 Å². The standard InChI is InChI=1S/C14H19NO3/c1-2-17-13-7-4-3-6-12(13)8-9-14(16)15-10-5-11-18-15/h3-4,6-7H,2,5,8-11H2,1H3.